The summed E-state index contributed by atoms with van der Waals surface area (Å²) >= 11 is 0. The average molecular weight is 387 g/mol. The van der Waals surface area contributed by atoms with Crippen LogP contribution in [-0.2, 0) is 19.9 Å². The molecule has 2 N–H and O–H groups in total. The number of amides is 1. The monoisotopic (exact) mass is 387 g/mol. The molecule has 8 nitrogen and oxygen atoms in total. The summed E-state index contributed by atoms with van der Waals surface area (Å²) in [5.41, 5.74) is 0.320. The van der Waals surface area contributed by atoms with Gasteiger partial charge in [-0.05, 0) is 30.8 Å². The van der Waals surface area contributed by atoms with Crippen LogP contribution in [0.1, 0.15) is 17.3 Å². The number of nitrogens with zero attached hydrogens (tertiary/aromatic N) is 2. The Hall–Kier alpha value is -1.49. The number of carbonyl (C=O) groups is 1. The first-order chi connectivity index (χ1) is 11.6. The molecule has 1 aromatic carbocycles. The Morgan fingerprint density at radius 2 is 1.76 bits per heavy atom. The molecule has 10 heteroatoms. The minimum Gasteiger partial charge on any atom is -0.332 e. The van der Waals surface area contributed by atoms with Crippen LogP contribution in [-0.4, -0.2) is 75.8 Å². The molecule has 0 saturated carbocycles. The molecular weight excluding hydrogens is 366 g/mol. The fourth-order valence-corrected chi connectivity index (χ4v) is 6.15. The molecule has 1 amide bonds. The maximum Gasteiger partial charge on any atom is 0.254 e. The average Bonchev–Trinajstić information content (AvgIpc) is 2.87. The number of likely N-dealkylation sites (N-methyl/N-ethyl adjacent to an activating group) is 1. The van der Waals surface area contributed by atoms with Crippen molar-refractivity contribution in [2.24, 2.45) is 5.14 Å². The number of nitrogens with two attached hydrogens (primary N) is 1. The van der Waals surface area contributed by atoms with Gasteiger partial charge in [-0.2, -0.15) is 0 Å². The van der Waals surface area contributed by atoms with E-state index in [0.717, 1.165) is 6.54 Å². The van der Waals surface area contributed by atoms with Gasteiger partial charge in [0.05, 0.1) is 22.4 Å². The van der Waals surface area contributed by atoms with Crippen molar-refractivity contribution >= 4 is 25.8 Å². The number of fused-ring (bicyclic) bond motifs is 1. The number of carbonyl (C=O) groups excluding carboxylic acids is 1. The summed E-state index contributed by atoms with van der Waals surface area (Å²) in [7, 11) is -7.00. The molecule has 138 valence electrons. The van der Waals surface area contributed by atoms with Crippen molar-refractivity contribution in [2.45, 2.75) is 23.9 Å². The summed E-state index contributed by atoms with van der Waals surface area (Å²) in [6.07, 6.45) is 0. The number of hydrogen-bond acceptors (Lipinski definition) is 6. The first-order valence-corrected chi connectivity index (χ1v) is 11.4. The second-order valence-electron chi connectivity index (χ2n) is 6.41. The highest BCUT2D eigenvalue weighted by Gasteiger charge is 2.47. The van der Waals surface area contributed by atoms with E-state index in [2.05, 4.69) is 4.90 Å². The van der Waals surface area contributed by atoms with E-state index in [4.69, 9.17) is 5.14 Å². The van der Waals surface area contributed by atoms with Crippen molar-refractivity contribution in [1.82, 2.24) is 9.80 Å². The number of rotatable bonds is 3. The van der Waals surface area contributed by atoms with Gasteiger partial charge in [-0.3, -0.25) is 9.69 Å². The minimum absolute atomic E-state index is 0.0326. The summed E-state index contributed by atoms with van der Waals surface area (Å²) in [6.45, 7) is 3.78. The first kappa shape index (κ1) is 18.3. The Labute approximate surface area is 147 Å². The fourth-order valence-electron chi connectivity index (χ4n) is 3.62. The largest absolute Gasteiger partial charge is 0.332 e. The highest BCUT2D eigenvalue weighted by molar-refractivity contribution is 7.91. The summed E-state index contributed by atoms with van der Waals surface area (Å²) in [6, 6.07) is 4.83. The standard InChI is InChI=1S/C15H21N3O5S2/c1-2-17-7-8-18(14-10-24(20,21)9-13(14)17)15(19)11-3-5-12(6-4-11)25(16,22)23/h3-6,13-14H,2,7-10H2,1H3,(H2,16,22,23)/t13-,14+/m1/s1. The van der Waals surface area contributed by atoms with Gasteiger partial charge in [0.1, 0.15) is 0 Å². The van der Waals surface area contributed by atoms with Crippen molar-refractivity contribution in [1.29, 1.82) is 0 Å². The Morgan fingerprint density at radius 3 is 2.32 bits per heavy atom. The molecule has 1 aromatic rings. The summed E-state index contributed by atoms with van der Waals surface area (Å²) in [4.78, 5) is 16.5. The van der Waals surface area contributed by atoms with E-state index in [1.165, 1.54) is 24.3 Å². The number of piperazine rings is 1. The van der Waals surface area contributed by atoms with Crippen LogP contribution < -0.4 is 5.14 Å². The second-order valence-corrected chi connectivity index (χ2v) is 10.1. The van der Waals surface area contributed by atoms with E-state index in [9.17, 15) is 21.6 Å². The van der Waals surface area contributed by atoms with Crippen LogP contribution >= 0.6 is 0 Å². The van der Waals surface area contributed by atoms with E-state index < -0.39 is 19.9 Å². The zero-order valence-corrected chi connectivity index (χ0v) is 15.5. The van der Waals surface area contributed by atoms with Gasteiger partial charge in [0, 0.05) is 24.7 Å². The zero-order valence-electron chi connectivity index (χ0n) is 13.8. The van der Waals surface area contributed by atoms with Crippen LogP contribution in [0.2, 0.25) is 0 Å². The Balaban J connectivity index is 1.87. The number of hydrogen-bond donors (Lipinski definition) is 1. The normalized spacial score (nSPS) is 26.4. The highest BCUT2D eigenvalue weighted by atomic mass is 32.2. The van der Waals surface area contributed by atoms with Crippen LogP contribution in [0.25, 0.3) is 0 Å². The topological polar surface area (TPSA) is 118 Å². The van der Waals surface area contributed by atoms with E-state index in [1.807, 2.05) is 6.92 Å². The smallest absolute Gasteiger partial charge is 0.254 e. The van der Waals surface area contributed by atoms with Gasteiger partial charge < -0.3 is 4.90 Å². The third-order valence-electron chi connectivity index (χ3n) is 4.89. The fraction of sp³-hybridized carbons (Fsp3) is 0.533. The van der Waals surface area contributed by atoms with Crippen LogP contribution in [0.3, 0.4) is 0 Å². The lowest BCUT2D eigenvalue weighted by Gasteiger charge is -2.43. The maximum atomic E-state index is 12.8. The van der Waals surface area contributed by atoms with Crippen molar-refractivity contribution in [3.05, 3.63) is 29.8 Å². The first-order valence-electron chi connectivity index (χ1n) is 8.00. The molecule has 3 rings (SSSR count). The number of benzene rings is 1. The highest BCUT2D eigenvalue weighted by Crippen LogP contribution is 2.28. The molecule has 0 unspecified atom stereocenters. The molecule has 0 spiro atoms. The van der Waals surface area contributed by atoms with Gasteiger partial charge in [-0.15, -0.1) is 0 Å². The number of primary sulfonamides is 1. The lowest BCUT2D eigenvalue weighted by atomic mass is 10.0. The predicted octanol–water partition coefficient (Wildman–Crippen LogP) is -0.723. The van der Waals surface area contributed by atoms with E-state index >= 15 is 0 Å². The molecule has 0 aromatic heterocycles. The van der Waals surface area contributed by atoms with E-state index in [1.54, 1.807) is 4.90 Å². The lowest BCUT2D eigenvalue weighted by molar-refractivity contribution is 0.0349. The predicted molar refractivity (Wildman–Crippen MR) is 92.3 cm³/mol. The van der Waals surface area contributed by atoms with Crippen molar-refractivity contribution < 1.29 is 21.6 Å². The molecule has 2 atom stereocenters. The van der Waals surface area contributed by atoms with E-state index in [-0.39, 0.29) is 34.4 Å². The number of sulfone groups is 1. The number of sulfonamides is 1. The molecule has 2 aliphatic rings. The molecule has 0 radical (unpaired) electrons. The molecular formula is C15H21N3O5S2. The van der Waals surface area contributed by atoms with Crippen molar-refractivity contribution in [3.8, 4) is 0 Å². The maximum absolute atomic E-state index is 12.8. The van der Waals surface area contributed by atoms with Crippen LogP contribution in [0, 0.1) is 0 Å². The van der Waals surface area contributed by atoms with E-state index in [0.29, 0.717) is 18.7 Å². The summed E-state index contributed by atoms with van der Waals surface area (Å²) in [5.74, 6) is -0.252. The quantitative estimate of drug-likeness (QED) is 0.731. The Kier molecular flexibility index (Phi) is 4.65. The van der Waals surface area contributed by atoms with Crippen molar-refractivity contribution in [3.63, 3.8) is 0 Å². The van der Waals surface area contributed by atoms with Gasteiger partial charge in [0.15, 0.2) is 9.84 Å². The zero-order chi connectivity index (χ0) is 18.4. The molecule has 0 bridgehead atoms. The minimum atomic E-state index is -3.82. The lowest BCUT2D eigenvalue weighted by Crippen LogP contribution is -2.60. The molecule has 25 heavy (non-hydrogen) atoms. The molecule has 2 heterocycles. The van der Waals surface area contributed by atoms with Gasteiger partial charge in [0.2, 0.25) is 10.0 Å². The molecule has 2 fully saturated rings. The SMILES string of the molecule is CCN1CCN(C(=O)c2ccc(S(N)(=O)=O)cc2)[C@H]2CS(=O)(=O)C[C@H]21. The van der Waals surface area contributed by atoms with Gasteiger partial charge >= 0.3 is 0 Å². The third kappa shape index (κ3) is 3.57. The van der Waals surface area contributed by atoms with Crippen molar-refractivity contribution in [2.75, 3.05) is 31.1 Å². The molecule has 2 aliphatic heterocycles. The van der Waals surface area contributed by atoms with Gasteiger partial charge in [0.25, 0.3) is 5.91 Å². The van der Waals surface area contributed by atoms with Gasteiger partial charge in [-0.25, -0.2) is 22.0 Å². The third-order valence-corrected chi connectivity index (χ3v) is 7.52. The van der Waals surface area contributed by atoms with Crippen LogP contribution in [0.5, 0.6) is 0 Å². The van der Waals surface area contributed by atoms with Crippen LogP contribution in [0.15, 0.2) is 29.2 Å². The summed E-state index contributed by atoms with van der Waals surface area (Å²) < 4.78 is 46.8. The van der Waals surface area contributed by atoms with Gasteiger partial charge in [-0.1, -0.05) is 6.92 Å². The Bertz CT molecular complexity index is 880. The second kappa shape index (κ2) is 6.35. The molecule has 2 saturated heterocycles. The molecule has 0 aliphatic carbocycles. The van der Waals surface area contributed by atoms with Crippen LogP contribution in [0.4, 0.5) is 0 Å². The Morgan fingerprint density at radius 1 is 1.16 bits per heavy atom. The summed E-state index contributed by atoms with van der Waals surface area (Å²) in [5, 5.41) is 5.06.